The van der Waals surface area contributed by atoms with Gasteiger partial charge in [-0.2, -0.15) is 0 Å². The average molecular weight is 244 g/mol. The van der Waals surface area contributed by atoms with Crippen LogP contribution in [-0.2, 0) is 9.47 Å². The highest BCUT2D eigenvalue weighted by molar-refractivity contribution is 4.88. The Morgan fingerprint density at radius 1 is 1.24 bits per heavy atom. The SMILES string of the molecule is CC/C=C/C1COC(CCC(CO)CO)OC1. The van der Waals surface area contributed by atoms with Gasteiger partial charge in [-0.3, -0.25) is 0 Å². The second-order valence-electron chi connectivity index (χ2n) is 4.50. The Labute approximate surface area is 103 Å². The van der Waals surface area contributed by atoms with Crippen molar-refractivity contribution in [2.75, 3.05) is 26.4 Å². The number of aliphatic hydroxyl groups excluding tert-OH is 2. The first-order valence-electron chi connectivity index (χ1n) is 6.41. The van der Waals surface area contributed by atoms with Crippen molar-refractivity contribution in [3.05, 3.63) is 12.2 Å². The predicted octanol–water partition coefficient (Wildman–Crippen LogP) is 1.32. The molecule has 0 aliphatic carbocycles. The van der Waals surface area contributed by atoms with Crippen LogP contribution in [0.5, 0.6) is 0 Å². The van der Waals surface area contributed by atoms with Crippen LogP contribution in [0.25, 0.3) is 0 Å². The van der Waals surface area contributed by atoms with Crippen molar-refractivity contribution in [2.45, 2.75) is 32.5 Å². The van der Waals surface area contributed by atoms with Crippen LogP contribution in [0.3, 0.4) is 0 Å². The van der Waals surface area contributed by atoms with Crippen molar-refractivity contribution in [3.63, 3.8) is 0 Å². The van der Waals surface area contributed by atoms with Crippen LogP contribution in [0.2, 0.25) is 0 Å². The van der Waals surface area contributed by atoms with Gasteiger partial charge in [-0.25, -0.2) is 0 Å². The largest absolute Gasteiger partial charge is 0.396 e. The monoisotopic (exact) mass is 244 g/mol. The lowest BCUT2D eigenvalue weighted by Crippen LogP contribution is -2.31. The van der Waals surface area contributed by atoms with Gasteiger partial charge in [0.25, 0.3) is 0 Å². The molecule has 4 heteroatoms. The van der Waals surface area contributed by atoms with Crippen LogP contribution in [0, 0.1) is 11.8 Å². The maximum absolute atomic E-state index is 8.94. The number of hydrogen-bond donors (Lipinski definition) is 2. The van der Waals surface area contributed by atoms with Crippen LogP contribution in [-0.4, -0.2) is 42.9 Å². The van der Waals surface area contributed by atoms with E-state index < -0.39 is 0 Å². The number of ether oxygens (including phenoxy) is 2. The Kier molecular flexibility index (Phi) is 7.44. The lowest BCUT2D eigenvalue weighted by atomic mass is 10.0. The third-order valence-corrected chi connectivity index (χ3v) is 2.96. The number of rotatable bonds is 7. The standard InChI is InChI=1S/C13H24O4/c1-2-3-4-12-9-16-13(17-10-12)6-5-11(7-14)8-15/h3-4,11-15H,2,5-10H2,1H3/b4-3+. The molecule has 1 heterocycles. The molecule has 0 saturated carbocycles. The zero-order chi connectivity index (χ0) is 12.5. The number of hydrogen-bond acceptors (Lipinski definition) is 4. The summed E-state index contributed by atoms with van der Waals surface area (Å²) >= 11 is 0. The Balaban J connectivity index is 2.16. The van der Waals surface area contributed by atoms with Gasteiger partial charge in [-0.05, 0) is 19.3 Å². The molecule has 0 amide bonds. The third-order valence-electron chi connectivity index (χ3n) is 2.96. The first-order chi connectivity index (χ1) is 8.30. The van der Waals surface area contributed by atoms with Crippen molar-refractivity contribution >= 4 is 0 Å². The van der Waals surface area contributed by atoms with Gasteiger partial charge in [-0.15, -0.1) is 0 Å². The van der Waals surface area contributed by atoms with Gasteiger partial charge in [0.2, 0.25) is 0 Å². The Morgan fingerprint density at radius 3 is 2.41 bits per heavy atom. The van der Waals surface area contributed by atoms with Gasteiger partial charge in [0.15, 0.2) is 6.29 Å². The van der Waals surface area contributed by atoms with Crippen molar-refractivity contribution in [1.82, 2.24) is 0 Å². The van der Waals surface area contributed by atoms with Crippen LogP contribution in [0.15, 0.2) is 12.2 Å². The van der Waals surface area contributed by atoms with E-state index in [0.717, 1.165) is 19.3 Å². The molecule has 0 bridgehead atoms. The van der Waals surface area contributed by atoms with E-state index in [4.69, 9.17) is 19.7 Å². The van der Waals surface area contributed by atoms with Crippen LogP contribution < -0.4 is 0 Å². The van der Waals surface area contributed by atoms with Crippen LogP contribution in [0.4, 0.5) is 0 Å². The summed E-state index contributed by atoms with van der Waals surface area (Å²) in [5, 5.41) is 17.9. The maximum Gasteiger partial charge on any atom is 0.157 e. The fourth-order valence-corrected chi connectivity index (χ4v) is 1.78. The summed E-state index contributed by atoms with van der Waals surface area (Å²) in [5.74, 6) is 0.303. The van der Waals surface area contributed by atoms with E-state index in [-0.39, 0.29) is 25.4 Å². The van der Waals surface area contributed by atoms with E-state index in [0.29, 0.717) is 19.1 Å². The first kappa shape index (κ1) is 14.6. The average Bonchev–Trinajstić information content (AvgIpc) is 2.39. The lowest BCUT2D eigenvalue weighted by Gasteiger charge is -2.28. The van der Waals surface area contributed by atoms with Crippen molar-refractivity contribution in [2.24, 2.45) is 11.8 Å². The molecule has 100 valence electrons. The molecule has 0 atom stereocenters. The minimum Gasteiger partial charge on any atom is -0.396 e. The molecule has 0 unspecified atom stereocenters. The minimum absolute atomic E-state index is 0.0189. The molecule has 1 rings (SSSR count). The topological polar surface area (TPSA) is 58.9 Å². The molecule has 0 aromatic heterocycles. The molecular formula is C13H24O4. The summed E-state index contributed by atoms with van der Waals surface area (Å²) in [6.07, 6.45) is 6.59. The Bertz CT molecular complexity index is 205. The van der Waals surface area contributed by atoms with E-state index in [9.17, 15) is 0 Å². The fourth-order valence-electron chi connectivity index (χ4n) is 1.78. The second-order valence-corrected chi connectivity index (χ2v) is 4.50. The zero-order valence-corrected chi connectivity index (χ0v) is 10.5. The second kappa shape index (κ2) is 8.64. The molecule has 0 spiro atoms. The highest BCUT2D eigenvalue weighted by atomic mass is 16.7. The number of allylic oxidation sites excluding steroid dienone is 1. The van der Waals surface area contributed by atoms with Crippen LogP contribution in [0.1, 0.15) is 26.2 Å². The van der Waals surface area contributed by atoms with E-state index in [1.165, 1.54) is 0 Å². The molecule has 1 saturated heterocycles. The van der Waals surface area contributed by atoms with E-state index in [1.54, 1.807) is 0 Å². The summed E-state index contributed by atoms with van der Waals surface area (Å²) in [7, 11) is 0. The highest BCUT2D eigenvalue weighted by Crippen LogP contribution is 2.18. The summed E-state index contributed by atoms with van der Waals surface area (Å²) in [4.78, 5) is 0. The van der Waals surface area contributed by atoms with Crippen molar-refractivity contribution in [3.8, 4) is 0 Å². The fraction of sp³-hybridized carbons (Fsp3) is 0.846. The predicted molar refractivity (Wildman–Crippen MR) is 65.5 cm³/mol. The molecule has 1 aliphatic heterocycles. The van der Waals surface area contributed by atoms with E-state index >= 15 is 0 Å². The molecular weight excluding hydrogens is 220 g/mol. The molecule has 17 heavy (non-hydrogen) atoms. The highest BCUT2D eigenvalue weighted by Gasteiger charge is 2.21. The Morgan fingerprint density at radius 2 is 1.88 bits per heavy atom. The molecule has 2 N–H and O–H groups in total. The molecule has 1 aliphatic rings. The van der Waals surface area contributed by atoms with Gasteiger partial charge in [0.05, 0.1) is 13.2 Å². The summed E-state index contributed by atoms with van der Waals surface area (Å²) in [5.41, 5.74) is 0. The molecule has 0 radical (unpaired) electrons. The van der Waals surface area contributed by atoms with Crippen molar-refractivity contribution in [1.29, 1.82) is 0 Å². The van der Waals surface area contributed by atoms with Gasteiger partial charge in [-0.1, -0.05) is 19.1 Å². The smallest absolute Gasteiger partial charge is 0.157 e. The molecule has 4 nitrogen and oxygen atoms in total. The summed E-state index contributed by atoms with van der Waals surface area (Å²) in [6.45, 7) is 3.54. The van der Waals surface area contributed by atoms with Gasteiger partial charge >= 0.3 is 0 Å². The normalized spacial score (nSPS) is 25.9. The first-order valence-corrected chi connectivity index (χ1v) is 6.41. The quantitative estimate of drug-likeness (QED) is 0.663. The maximum atomic E-state index is 8.94. The van der Waals surface area contributed by atoms with E-state index in [1.807, 2.05) is 0 Å². The molecule has 0 aromatic rings. The van der Waals surface area contributed by atoms with E-state index in [2.05, 4.69) is 19.1 Å². The molecule has 1 fully saturated rings. The zero-order valence-electron chi connectivity index (χ0n) is 10.5. The lowest BCUT2D eigenvalue weighted by molar-refractivity contribution is -0.197. The number of aliphatic hydroxyl groups is 2. The summed E-state index contributed by atoms with van der Waals surface area (Å²) in [6, 6.07) is 0. The Hall–Kier alpha value is -0.420. The molecule has 0 aromatic carbocycles. The summed E-state index contributed by atoms with van der Waals surface area (Å²) < 4.78 is 11.2. The van der Waals surface area contributed by atoms with Crippen LogP contribution >= 0.6 is 0 Å². The van der Waals surface area contributed by atoms with Gasteiger partial charge < -0.3 is 19.7 Å². The minimum atomic E-state index is -0.179. The van der Waals surface area contributed by atoms with Gasteiger partial charge in [0.1, 0.15) is 0 Å². The third kappa shape index (κ3) is 5.64. The van der Waals surface area contributed by atoms with Gasteiger partial charge in [0, 0.05) is 25.0 Å². The van der Waals surface area contributed by atoms with Crippen molar-refractivity contribution < 1.29 is 19.7 Å².